The smallest absolute Gasteiger partial charge is 0.242 e. The summed E-state index contributed by atoms with van der Waals surface area (Å²) >= 11 is 1.54. The van der Waals surface area contributed by atoms with Gasteiger partial charge in [-0.15, -0.1) is 11.8 Å². The van der Waals surface area contributed by atoms with Crippen molar-refractivity contribution in [3.8, 4) is 0 Å². The van der Waals surface area contributed by atoms with E-state index in [-0.39, 0.29) is 11.2 Å². The molecule has 3 aromatic rings. The highest BCUT2D eigenvalue weighted by Crippen LogP contribution is 2.35. The summed E-state index contributed by atoms with van der Waals surface area (Å²) in [5, 5.41) is 2.65. The van der Waals surface area contributed by atoms with Gasteiger partial charge in [0.1, 0.15) is 5.25 Å². The average Bonchev–Trinajstić information content (AvgIpc) is 2.62. The zero-order chi connectivity index (χ0) is 15.9. The lowest BCUT2D eigenvalue weighted by Gasteiger charge is -2.17. The summed E-state index contributed by atoms with van der Waals surface area (Å²) in [6, 6.07) is 23.3. The minimum Gasteiger partial charge on any atom is -0.325 e. The van der Waals surface area contributed by atoms with Gasteiger partial charge in [0.2, 0.25) is 5.91 Å². The van der Waals surface area contributed by atoms with Crippen molar-refractivity contribution >= 4 is 23.4 Å². The molecular weight excluding hydrogens is 304 g/mol. The molecule has 1 amide bonds. The second-order valence-electron chi connectivity index (χ2n) is 4.95. The molecule has 3 rings (SSSR count). The number of anilines is 1. The highest BCUT2D eigenvalue weighted by molar-refractivity contribution is 8.00. The predicted octanol–water partition coefficient (Wildman–Crippen LogP) is 4.55. The summed E-state index contributed by atoms with van der Waals surface area (Å²) < 4.78 is 0. The lowest BCUT2D eigenvalue weighted by Crippen LogP contribution is -2.19. The number of carbonyl (C=O) groups is 1. The third-order valence-corrected chi connectivity index (χ3v) is 4.55. The van der Waals surface area contributed by atoms with E-state index < -0.39 is 0 Å². The molecule has 2 aromatic carbocycles. The number of rotatable bonds is 5. The van der Waals surface area contributed by atoms with Crippen molar-refractivity contribution < 1.29 is 4.79 Å². The molecule has 0 spiro atoms. The van der Waals surface area contributed by atoms with Gasteiger partial charge >= 0.3 is 0 Å². The van der Waals surface area contributed by atoms with Gasteiger partial charge in [0.25, 0.3) is 0 Å². The first-order chi connectivity index (χ1) is 11.3. The van der Waals surface area contributed by atoms with E-state index in [4.69, 9.17) is 0 Å². The van der Waals surface area contributed by atoms with E-state index in [0.29, 0.717) is 0 Å². The summed E-state index contributed by atoms with van der Waals surface area (Å²) in [4.78, 5) is 17.8. The predicted molar refractivity (Wildman–Crippen MR) is 94.3 cm³/mol. The summed E-state index contributed by atoms with van der Waals surface area (Å²) in [6.45, 7) is 0. The van der Waals surface area contributed by atoms with Crippen molar-refractivity contribution in [3.63, 3.8) is 0 Å². The minimum atomic E-state index is -0.313. The molecule has 0 bridgehead atoms. The lowest BCUT2D eigenvalue weighted by molar-refractivity contribution is -0.115. The van der Waals surface area contributed by atoms with Crippen LogP contribution in [0, 0.1) is 0 Å². The number of nitrogens with one attached hydrogen (secondary N) is 1. The molecule has 1 atom stereocenters. The van der Waals surface area contributed by atoms with Gasteiger partial charge in [0, 0.05) is 23.0 Å². The average molecular weight is 320 g/mol. The zero-order valence-corrected chi connectivity index (χ0v) is 13.2. The van der Waals surface area contributed by atoms with Gasteiger partial charge in [0.05, 0.1) is 0 Å². The Labute approximate surface area is 139 Å². The number of carbonyl (C=O) groups excluding carboxylic acids is 1. The molecule has 4 heteroatoms. The highest BCUT2D eigenvalue weighted by atomic mass is 32.2. The maximum atomic E-state index is 12.8. The van der Waals surface area contributed by atoms with E-state index in [1.165, 1.54) is 0 Å². The second kappa shape index (κ2) is 7.61. The first-order valence-electron chi connectivity index (χ1n) is 7.30. The van der Waals surface area contributed by atoms with Gasteiger partial charge in [-0.3, -0.25) is 9.78 Å². The molecule has 0 radical (unpaired) electrons. The van der Waals surface area contributed by atoms with Crippen molar-refractivity contribution in [2.45, 2.75) is 10.1 Å². The van der Waals surface area contributed by atoms with Gasteiger partial charge in [-0.05, 0) is 29.8 Å². The summed E-state index contributed by atoms with van der Waals surface area (Å²) in [6.07, 6.45) is 3.33. The van der Waals surface area contributed by atoms with E-state index >= 15 is 0 Å². The Balaban J connectivity index is 1.84. The fraction of sp³-hybridized carbons (Fsp3) is 0.0526. The van der Waals surface area contributed by atoms with Gasteiger partial charge in [-0.1, -0.05) is 48.5 Å². The van der Waals surface area contributed by atoms with Crippen LogP contribution in [-0.2, 0) is 4.79 Å². The third-order valence-electron chi connectivity index (χ3n) is 3.29. The molecular formula is C19H16N2OS. The van der Waals surface area contributed by atoms with E-state index in [9.17, 15) is 4.79 Å². The number of pyridine rings is 1. The minimum absolute atomic E-state index is 0.0451. The first-order valence-corrected chi connectivity index (χ1v) is 8.18. The Morgan fingerprint density at radius 1 is 0.870 bits per heavy atom. The Morgan fingerprint density at radius 3 is 2.13 bits per heavy atom. The number of benzene rings is 2. The lowest BCUT2D eigenvalue weighted by atomic mass is 10.1. The number of hydrogen-bond donors (Lipinski definition) is 1. The zero-order valence-electron chi connectivity index (χ0n) is 12.4. The summed E-state index contributed by atoms with van der Waals surface area (Å²) in [5.74, 6) is -0.0451. The Morgan fingerprint density at radius 2 is 1.48 bits per heavy atom. The molecule has 1 heterocycles. The fourth-order valence-corrected chi connectivity index (χ4v) is 3.22. The van der Waals surface area contributed by atoms with E-state index in [1.54, 1.807) is 36.3 Å². The highest BCUT2D eigenvalue weighted by Gasteiger charge is 2.22. The van der Waals surface area contributed by atoms with Crippen LogP contribution in [0.5, 0.6) is 0 Å². The van der Waals surface area contributed by atoms with Gasteiger partial charge < -0.3 is 5.32 Å². The molecule has 0 aliphatic heterocycles. The van der Waals surface area contributed by atoms with Crippen LogP contribution < -0.4 is 5.32 Å². The SMILES string of the molecule is O=C(Nc1ccncc1)[C@H](Sc1ccccc1)c1ccccc1. The topological polar surface area (TPSA) is 42.0 Å². The standard InChI is InChI=1S/C19H16N2OS/c22-19(21-16-11-13-20-14-12-16)18(15-7-3-1-4-8-15)23-17-9-5-2-6-10-17/h1-14,18H,(H,20,21,22)/t18-/m1/s1. The monoisotopic (exact) mass is 320 g/mol. The molecule has 0 saturated carbocycles. The molecule has 114 valence electrons. The largest absolute Gasteiger partial charge is 0.325 e. The van der Waals surface area contributed by atoms with Crippen LogP contribution in [-0.4, -0.2) is 10.9 Å². The molecule has 0 unspecified atom stereocenters. The van der Waals surface area contributed by atoms with Crippen molar-refractivity contribution in [2.24, 2.45) is 0 Å². The van der Waals surface area contributed by atoms with Gasteiger partial charge in [-0.25, -0.2) is 0 Å². The Bertz CT molecular complexity index is 748. The van der Waals surface area contributed by atoms with Crippen molar-refractivity contribution in [1.29, 1.82) is 0 Å². The van der Waals surface area contributed by atoms with E-state index in [2.05, 4.69) is 10.3 Å². The number of thioether (sulfide) groups is 1. The second-order valence-corrected chi connectivity index (χ2v) is 6.13. The van der Waals surface area contributed by atoms with Gasteiger partial charge in [-0.2, -0.15) is 0 Å². The van der Waals surface area contributed by atoms with Crippen molar-refractivity contribution in [2.75, 3.05) is 5.32 Å². The number of nitrogens with zero attached hydrogens (tertiary/aromatic N) is 1. The molecule has 1 N–H and O–H groups in total. The van der Waals surface area contributed by atoms with Crippen LogP contribution in [0.3, 0.4) is 0 Å². The van der Waals surface area contributed by atoms with Gasteiger partial charge in [0.15, 0.2) is 0 Å². The maximum Gasteiger partial charge on any atom is 0.242 e. The van der Waals surface area contributed by atoms with Crippen LogP contribution in [0.2, 0.25) is 0 Å². The molecule has 0 fully saturated rings. The van der Waals surface area contributed by atoms with Crippen molar-refractivity contribution in [3.05, 3.63) is 90.8 Å². The molecule has 23 heavy (non-hydrogen) atoms. The number of hydrogen-bond acceptors (Lipinski definition) is 3. The Kier molecular flexibility index (Phi) is 5.06. The summed E-state index contributed by atoms with van der Waals surface area (Å²) in [7, 11) is 0. The van der Waals surface area contributed by atoms with Crippen LogP contribution in [0.1, 0.15) is 10.8 Å². The summed E-state index contributed by atoms with van der Waals surface area (Å²) in [5.41, 5.74) is 1.73. The van der Waals surface area contributed by atoms with Crippen LogP contribution in [0.25, 0.3) is 0 Å². The molecule has 3 nitrogen and oxygen atoms in total. The van der Waals surface area contributed by atoms with E-state index in [1.807, 2.05) is 60.7 Å². The van der Waals surface area contributed by atoms with Crippen LogP contribution >= 0.6 is 11.8 Å². The number of amides is 1. The maximum absolute atomic E-state index is 12.8. The number of aromatic nitrogens is 1. The fourth-order valence-electron chi connectivity index (χ4n) is 2.18. The molecule has 0 aliphatic rings. The molecule has 1 aromatic heterocycles. The quantitative estimate of drug-likeness (QED) is 0.701. The van der Waals surface area contributed by atoms with Crippen LogP contribution in [0.4, 0.5) is 5.69 Å². The Hall–Kier alpha value is -2.59. The molecule has 0 aliphatic carbocycles. The first kappa shape index (κ1) is 15.3. The third kappa shape index (κ3) is 4.20. The molecule has 0 saturated heterocycles. The van der Waals surface area contributed by atoms with Crippen LogP contribution in [0.15, 0.2) is 90.1 Å². The van der Waals surface area contributed by atoms with Crippen molar-refractivity contribution in [1.82, 2.24) is 4.98 Å². The normalized spacial score (nSPS) is 11.7. The van der Waals surface area contributed by atoms with E-state index in [0.717, 1.165) is 16.1 Å².